The van der Waals surface area contributed by atoms with Crippen LogP contribution >= 0.6 is 0 Å². The van der Waals surface area contributed by atoms with E-state index in [9.17, 15) is 0 Å². The van der Waals surface area contributed by atoms with Gasteiger partial charge in [-0.25, -0.2) is 4.98 Å². The molecule has 4 rings (SSSR count). The van der Waals surface area contributed by atoms with Crippen LogP contribution in [0.4, 0.5) is 0 Å². The van der Waals surface area contributed by atoms with Gasteiger partial charge in [-0.05, 0) is 24.1 Å². The van der Waals surface area contributed by atoms with E-state index in [0.29, 0.717) is 13.2 Å². The van der Waals surface area contributed by atoms with Crippen molar-refractivity contribution in [3.05, 3.63) is 42.0 Å². The molecule has 1 unspecified atom stereocenters. The Morgan fingerprint density at radius 3 is 2.96 bits per heavy atom. The Kier molecular flexibility index (Phi) is 3.93. The van der Waals surface area contributed by atoms with Crippen LogP contribution in [0.3, 0.4) is 0 Å². The summed E-state index contributed by atoms with van der Waals surface area (Å²) in [6, 6.07) is 6.43. The molecule has 1 N–H and O–H groups in total. The van der Waals surface area contributed by atoms with Crippen LogP contribution in [-0.2, 0) is 11.3 Å². The summed E-state index contributed by atoms with van der Waals surface area (Å²) in [5.74, 6) is 2.67. The van der Waals surface area contributed by atoms with Gasteiger partial charge >= 0.3 is 0 Å². The van der Waals surface area contributed by atoms with Crippen molar-refractivity contribution in [3.63, 3.8) is 0 Å². The molecule has 0 saturated carbocycles. The number of fused-ring (bicyclic) bond motifs is 1. The molecule has 0 bridgehead atoms. The van der Waals surface area contributed by atoms with Crippen LogP contribution < -0.4 is 9.47 Å². The standard InChI is InChI=1S/C17H21N3O3/c1-21-13-9-14(17-18-4-5-19-17)20(11-13)10-12-2-3-15-16(8-12)23-7-6-22-15/h2-5,8,13-14H,6-7,9-11H2,1H3,(H,18,19)/t13-,14?/m1/s1. The zero-order chi connectivity index (χ0) is 15.6. The number of imidazole rings is 1. The molecule has 1 fully saturated rings. The average Bonchev–Trinajstić information content (AvgIpc) is 3.24. The Morgan fingerprint density at radius 2 is 2.17 bits per heavy atom. The van der Waals surface area contributed by atoms with Crippen LogP contribution in [0.1, 0.15) is 23.9 Å². The predicted molar refractivity (Wildman–Crippen MR) is 84.6 cm³/mol. The molecule has 1 saturated heterocycles. The minimum absolute atomic E-state index is 0.238. The summed E-state index contributed by atoms with van der Waals surface area (Å²) in [5, 5.41) is 0. The number of H-pyrrole nitrogens is 1. The third kappa shape index (κ3) is 2.92. The highest BCUT2D eigenvalue weighted by atomic mass is 16.6. The van der Waals surface area contributed by atoms with Crippen molar-refractivity contribution in [1.82, 2.24) is 14.9 Å². The molecule has 2 atom stereocenters. The first-order valence-corrected chi connectivity index (χ1v) is 7.98. The molecular formula is C17H21N3O3. The van der Waals surface area contributed by atoms with Gasteiger partial charge in [-0.2, -0.15) is 0 Å². The SMILES string of the molecule is CO[C@@H]1CC(c2ncc[nH]2)N(Cc2ccc3c(c2)OCCO3)C1. The number of methoxy groups -OCH3 is 1. The third-order valence-electron chi connectivity index (χ3n) is 4.53. The van der Waals surface area contributed by atoms with Crippen molar-refractivity contribution in [3.8, 4) is 11.5 Å². The van der Waals surface area contributed by atoms with E-state index in [1.165, 1.54) is 5.56 Å². The highest BCUT2D eigenvalue weighted by Crippen LogP contribution is 2.35. The molecule has 3 heterocycles. The van der Waals surface area contributed by atoms with Crippen LogP contribution in [0.5, 0.6) is 11.5 Å². The average molecular weight is 315 g/mol. The number of benzene rings is 1. The molecule has 1 aromatic carbocycles. The summed E-state index contributed by atoms with van der Waals surface area (Å²) in [6.45, 7) is 2.97. The second-order valence-electron chi connectivity index (χ2n) is 5.99. The largest absolute Gasteiger partial charge is 0.486 e. The summed E-state index contributed by atoms with van der Waals surface area (Å²) in [7, 11) is 1.78. The molecule has 0 spiro atoms. The Labute approximate surface area is 135 Å². The molecule has 2 aliphatic rings. The van der Waals surface area contributed by atoms with Gasteiger partial charge in [0, 0.05) is 32.6 Å². The fraction of sp³-hybridized carbons (Fsp3) is 0.471. The maximum absolute atomic E-state index is 5.68. The molecule has 0 amide bonds. The first-order chi connectivity index (χ1) is 11.3. The number of rotatable bonds is 4. The molecule has 2 aliphatic heterocycles. The van der Waals surface area contributed by atoms with Crippen LogP contribution in [0.15, 0.2) is 30.6 Å². The minimum atomic E-state index is 0.238. The fourth-order valence-electron chi connectivity index (χ4n) is 3.37. The number of nitrogens with zero attached hydrogens (tertiary/aromatic N) is 2. The molecule has 0 aliphatic carbocycles. The summed E-state index contributed by atoms with van der Waals surface area (Å²) in [6.07, 6.45) is 4.87. The molecule has 6 nitrogen and oxygen atoms in total. The number of aromatic amines is 1. The minimum Gasteiger partial charge on any atom is -0.486 e. The summed E-state index contributed by atoms with van der Waals surface area (Å²) >= 11 is 0. The van der Waals surface area contributed by atoms with Crippen LogP contribution in [0, 0.1) is 0 Å². The van der Waals surface area contributed by atoms with Crippen molar-refractivity contribution < 1.29 is 14.2 Å². The highest BCUT2D eigenvalue weighted by Gasteiger charge is 2.34. The summed E-state index contributed by atoms with van der Waals surface area (Å²) in [5.41, 5.74) is 1.21. The van der Waals surface area contributed by atoms with Gasteiger partial charge in [0.05, 0.1) is 12.1 Å². The fourth-order valence-corrected chi connectivity index (χ4v) is 3.37. The second kappa shape index (κ2) is 6.22. The van der Waals surface area contributed by atoms with E-state index in [1.807, 2.05) is 12.3 Å². The molecule has 23 heavy (non-hydrogen) atoms. The van der Waals surface area contributed by atoms with Gasteiger partial charge in [-0.1, -0.05) is 6.07 Å². The molecule has 122 valence electrons. The Hall–Kier alpha value is -2.05. The van der Waals surface area contributed by atoms with Crippen LogP contribution in [0.25, 0.3) is 0 Å². The molecule has 2 aromatic rings. The monoisotopic (exact) mass is 315 g/mol. The lowest BCUT2D eigenvalue weighted by Crippen LogP contribution is -2.25. The first-order valence-electron chi connectivity index (χ1n) is 7.98. The van der Waals surface area contributed by atoms with Crippen LogP contribution in [-0.4, -0.2) is 47.8 Å². The van der Waals surface area contributed by atoms with Gasteiger partial charge in [-0.3, -0.25) is 4.90 Å². The summed E-state index contributed by atoms with van der Waals surface area (Å²) < 4.78 is 16.8. The lowest BCUT2D eigenvalue weighted by atomic mass is 10.1. The van der Waals surface area contributed by atoms with E-state index in [4.69, 9.17) is 14.2 Å². The Morgan fingerprint density at radius 1 is 1.30 bits per heavy atom. The molecule has 1 aromatic heterocycles. The molecule has 6 heteroatoms. The topological polar surface area (TPSA) is 59.6 Å². The van der Waals surface area contributed by atoms with Gasteiger partial charge in [0.15, 0.2) is 11.5 Å². The number of aromatic nitrogens is 2. The first kappa shape index (κ1) is 14.5. The number of hydrogen-bond donors (Lipinski definition) is 1. The third-order valence-corrected chi connectivity index (χ3v) is 4.53. The van der Waals surface area contributed by atoms with E-state index in [-0.39, 0.29) is 12.1 Å². The second-order valence-corrected chi connectivity index (χ2v) is 5.99. The van der Waals surface area contributed by atoms with Gasteiger partial charge in [0.25, 0.3) is 0 Å². The zero-order valence-electron chi connectivity index (χ0n) is 13.2. The van der Waals surface area contributed by atoms with E-state index < -0.39 is 0 Å². The maximum Gasteiger partial charge on any atom is 0.161 e. The Balaban J connectivity index is 1.54. The Bertz CT molecular complexity index is 659. The number of likely N-dealkylation sites (tertiary alicyclic amines) is 1. The van der Waals surface area contributed by atoms with Gasteiger partial charge in [0.1, 0.15) is 19.0 Å². The van der Waals surface area contributed by atoms with E-state index in [0.717, 1.165) is 36.8 Å². The summed E-state index contributed by atoms with van der Waals surface area (Å²) in [4.78, 5) is 10.1. The number of ether oxygens (including phenoxy) is 3. The van der Waals surface area contributed by atoms with Crippen molar-refractivity contribution in [2.45, 2.75) is 25.1 Å². The van der Waals surface area contributed by atoms with Crippen LogP contribution in [0.2, 0.25) is 0 Å². The van der Waals surface area contributed by atoms with Gasteiger partial charge < -0.3 is 19.2 Å². The quantitative estimate of drug-likeness (QED) is 0.937. The molecule has 0 radical (unpaired) electrons. The van der Waals surface area contributed by atoms with Crippen molar-refractivity contribution >= 4 is 0 Å². The van der Waals surface area contributed by atoms with Crippen molar-refractivity contribution in [1.29, 1.82) is 0 Å². The lowest BCUT2D eigenvalue weighted by molar-refractivity contribution is 0.107. The number of hydrogen-bond acceptors (Lipinski definition) is 5. The van der Waals surface area contributed by atoms with Crippen molar-refractivity contribution in [2.24, 2.45) is 0 Å². The number of nitrogens with one attached hydrogen (secondary N) is 1. The van der Waals surface area contributed by atoms with E-state index >= 15 is 0 Å². The predicted octanol–water partition coefficient (Wildman–Crippen LogP) is 2.14. The zero-order valence-corrected chi connectivity index (χ0v) is 13.2. The van der Waals surface area contributed by atoms with E-state index in [1.54, 1.807) is 13.3 Å². The lowest BCUT2D eigenvalue weighted by Gasteiger charge is -2.24. The van der Waals surface area contributed by atoms with E-state index in [2.05, 4.69) is 27.0 Å². The smallest absolute Gasteiger partial charge is 0.161 e. The maximum atomic E-state index is 5.68. The van der Waals surface area contributed by atoms with Gasteiger partial charge in [0.2, 0.25) is 0 Å². The van der Waals surface area contributed by atoms with Crippen molar-refractivity contribution in [2.75, 3.05) is 26.9 Å². The molecular weight excluding hydrogens is 294 g/mol. The van der Waals surface area contributed by atoms with Gasteiger partial charge in [-0.15, -0.1) is 0 Å². The highest BCUT2D eigenvalue weighted by molar-refractivity contribution is 5.43. The normalized spacial score (nSPS) is 24.0.